The van der Waals surface area contributed by atoms with Crippen molar-refractivity contribution in [1.82, 2.24) is 19.7 Å². The first kappa shape index (κ1) is 34.9. The van der Waals surface area contributed by atoms with Gasteiger partial charge in [0.15, 0.2) is 33.1 Å². The number of halogens is 2. The van der Waals surface area contributed by atoms with Crippen molar-refractivity contribution in [3.8, 4) is 22.9 Å². The van der Waals surface area contributed by atoms with Gasteiger partial charge in [0.05, 0.1) is 29.1 Å². The van der Waals surface area contributed by atoms with Crippen LogP contribution < -0.4 is 4.74 Å². The molecule has 7 rings (SSSR count). The molecular weight excluding hydrogens is 675 g/mol. The molecule has 268 valence electrons. The summed E-state index contributed by atoms with van der Waals surface area (Å²) in [5.74, 6) is -0.711. The van der Waals surface area contributed by atoms with Gasteiger partial charge in [-0.1, -0.05) is 30.7 Å². The Kier molecular flexibility index (Phi) is 9.24. The molecule has 1 fully saturated rings. The predicted molar refractivity (Wildman–Crippen MR) is 190 cm³/mol. The summed E-state index contributed by atoms with van der Waals surface area (Å²) in [6.45, 7) is 4.16. The van der Waals surface area contributed by atoms with Gasteiger partial charge in [0.1, 0.15) is 11.6 Å². The van der Waals surface area contributed by atoms with E-state index in [2.05, 4.69) is 18.0 Å². The summed E-state index contributed by atoms with van der Waals surface area (Å²) in [5.41, 5.74) is 1.95. The number of sulfone groups is 1. The SMILES string of the molecule is CCOC(=O)CCc1cccc(C2(C)CCCC3(CC3)CS(=O)(=O)CCc3c(c(F)cc4[nH]ccc34)Oc3ccc(F)c(c3)-c3nc2nn3C)c1. The summed E-state index contributed by atoms with van der Waals surface area (Å²) in [7, 11) is -1.81. The Morgan fingerprint density at radius 2 is 1.88 bits per heavy atom. The highest BCUT2D eigenvalue weighted by Gasteiger charge is 2.46. The van der Waals surface area contributed by atoms with Crippen LogP contribution in [0.1, 0.15) is 74.9 Å². The first-order valence-corrected chi connectivity index (χ1v) is 19.3. The lowest BCUT2D eigenvalue weighted by Gasteiger charge is -2.29. The van der Waals surface area contributed by atoms with Crippen LogP contribution in [0.25, 0.3) is 22.3 Å². The summed E-state index contributed by atoms with van der Waals surface area (Å²) in [4.78, 5) is 20.1. The van der Waals surface area contributed by atoms with Gasteiger partial charge in [0.25, 0.3) is 0 Å². The molecule has 2 aliphatic rings. The number of aromatic nitrogens is 4. The van der Waals surface area contributed by atoms with Crippen LogP contribution in [-0.4, -0.2) is 52.2 Å². The normalized spacial score (nSPS) is 19.9. The van der Waals surface area contributed by atoms with Gasteiger partial charge in [0, 0.05) is 42.2 Å². The second-order valence-corrected chi connectivity index (χ2v) is 16.4. The van der Waals surface area contributed by atoms with E-state index in [0.717, 1.165) is 24.0 Å². The molecule has 5 aromatic rings. The summed E-state index contributed by atoms with van der Waals surface area (Å²) in [6.07, 6.45) is 6.17. The zero-order chi connectivity index (χ0) is 36.0. The lowest BCUT2D eigenvalue weighted by Crippen LogP contribution is -2.27. The van der Waals surface area contributed by atoms with Gasteiger partial charge in [-0.15, -0.1) is 0 Å². The number of aromatic amines is 1. The van der Waals surface area contributed by atoms with Gasteiger partial charge in [-0.3, -0.25) is 4.79 Å². The van der Waals surface area contributed by atoms with Crippen molar-refractivity contribution in [2.24, 2.45) is 12.5 Å². The molecule has 1 aliphatic heterocycles. The highest BCUT2D eigenvalue weighted by Crippen LogP contribution is 2.52. The molecule has 51 heavy (non-hydrogen) atoms. The van der Waals surface area contributed by atoms with E-state index in [1.54, 1.807) is 30.9 Å². The highest BCUT2D eigenvalue weighted by atomic mass is 32.2. The molecule has 4 bridgehead atoms. The van der Waals surface area contributed by atoms with Gasteiger partial charge in [0.2, 0.25) is 0 Å². The fraction of sp³-hybridized carbons (Fsp3) is 0.410. The van der Waals surface area contributed by atoms with E-state index in [1.165, 1.54) is 24.3 Å². The van der Waals surface area contributed by atoms with Crippen molar-refractivity contribution in [1.29, 1.82) is 0 Å². The Hall–Kier alpha value is -4.58. The van der Waals surface area contributed by atoms with E-state index in [1.807, 2.05) is 18.2 Å². The summed E-state index contributed by atoms with van der Waals surface area (Å²) < 4.78 is 71.5. The molecule has 3 heterocycles. The number of carbonyl (C=O) groups excluding carboxylic acids is 1. The molecular formula is C39H42F2N4O5S. The average molecular weight is 717 g/mol. The van der Waals surface area contributed by atoms with Crippen LogP contribution in [0.15, 0.2) is 60.8 Å². The number of H-pyrrole nitrogens is 1. The Balaban J connectivity index is 1.33. The van der Waals surface area contributed by atoms with Gasteiger partial charge in [-0.2, -0.15) is 5.10 Å². The number of hydrogen-bond donors (Lipinski definition) is 1. The van der Waals surface area contributed by atoms with Crippen LogP contribution in [0.5, 0.6) is 11.5 Å². The fourth-order valence-corrected chi connectivity index (χ4v) is 9.51. The number of rotatable bonds is 5. The first-order chi connectivity index (χ1) is 24.4. The number of esters is 1. The summed E-state index contributed by atoms with van der Waals surface area (Å²) in [6, 6.07) is 15.2. The maximum absolute atomic E-state index is 15.7. The Bertz CT molecular complexity index is 2230. The monoisotopic (exact) mass is 716 g/mol. The van der Waals surface area contributed by atoms with Crippen molar-refractivity contribution in [3.63, 3.8) is 0 Å². The third-order valence-electron chi connectivity index (χ3n) is 10.5. The molecule has 1 saturated carbocycles. The van der Waals surface area contributed by atoms with Gasteiger partial charge in [-0.25, -0.2) is 26.9 Å². The van der Waals surface area contributed by atoms with E-state index in [4.69, 9.17) is 19.6 Å². The second kappa shape index (κ2) is 13.5. The minimum Gasteiger partial charge on any atom is -0.466 e. The fourth-order valence-electron chi connectivity index (χ4n) is 7.48. The van der Waals surface area contributed by atoms with Gasteiger partial charge < -0.3 is 14.5 Å². The number of aryl methyl sites for hydroxylation is 3. The zero-order valence-electron chi connectivity index (χ0n) is 29.1. The number of benzene rings is 3. The van der Waals surface area contributed by atoms with Crippen LogP contribution in [0.3, 0.4) is 0 Å². The lowest BCUT2D eigenvalue weighted by atomic mass is 9.76. The first-order valence-electron chi connectivity index (χ1n) is 17.5. The molecule has 1 atom stereocenters. The van der Waals surface area contributed by atoms with Crippen LogP contribution in [0, 0.1) is 17.0 Å². The minimum atomic E-state index is -3.52. The Labute approximate surface area is 296 Å². The predicted octanol–water partition coefficient (Wildman–Crippen LogP) is 7.76. The number of nitrogens with one attached hydrogen (secondary N) is 1. The molecule has 1 N–H and O–H groups in total. The molecule has 1 aliphatic carbocycles. The topological polar surface area (TPSA) is 116 Å². The second-order valence-electron chi connectivity index (χ2n) is 14.3. The molecule has 0 radical (unpaired) electrons. The van der Waals surface area contributed by atoms with E-state index in [-0.39, 0.29) is 58.6 Å². The number of hydrogen-bond acceptors (Lipinski definition) is 7. The molecule has 0 saturated heterocycles. The van der Waals surface area contributed by atoms with Crippen LogP contribution >= 0.6 is 0 Å². The van der Waals surface area contributed by atoms with Crippen molar-refractivity contribution in [3.05, 3.63) is 94.9 Å². The largest absolute Gasteiger partial charge is 0.466 e. The van der Waals surface area contributed by atoms with Crippen LogP contribution in [-0.2, 0) is 44.7 Å². The van der Waals surface area contributed by atoms with Gasteiger partial charge in [-0.05, 0) is 93.2 Å². The molecule has 3 aromatic carbocycles. The highest BCUT2D eigenvalue weighted by molar-refractivity contribution is 7.91. The number of ether oxygens (including phenoxy) is 2. The number of nitrogens with zero attached hydrogens (tertiary/aromatic N) is 3. The maximum atomic E-state index is 15.7. The standard InChI is InChI=1S/C39H42F2N4O5S/c1-4-49-34(46)12-9-25-7-5-8-26(21-25)38(2)15-6-16-39(17-18-39)24-51(47,48)20-14-29-28-13-19-42-33(28)23-32(41)35(29)50-27-10-11-31(40)30(22-27)36-43-37(38)44-45(36)3/h5,7-8,10-11,13,19,21-23,42H,4,6,9,12,14-18,20,24H2,1-3H3. The van der Waals surface area contributed by atoms with E-state index >= 15 is 8.78 Å². The van der Waals surface area contributed by atoms with E-state index < -0.39 is 26.9 Å². The third-order valence-corrected chi connectivity index (χ3v) is 12.4. The smallest absolute Gasteiger partial charge is 0.306 e. The quantitative estimate of drug-likeness (QED) is 0.185. The maximum Gasteiger partial charge on any atom is 0.306 e. The minimum absolute atomic E-state index is 0.0607. The molecule has 2 aromatic heterocycles. The van der Waals surface area contributed by atoms with E-state index in [0.29, 0.717) is 54.6 Å². The van der Waals surface area contributed by atoms with Crippen molar-refractivity contribution < 1.29 is 31.5 Å². The van der Waals surface area contributed by atoms with Crippen molar-refractivity contribution >= 4 is 26.7 Å². The zero-order valence-corrected chi connectivity index (χ0v) is 29.9. The molecule has 12 heteroatoms. The third kappa shape index (κ3) is 7.15. The van der Waals surface area contributed by atoms with E-state index in [9.17, 15) is 13.2 Å². The van der Waals surface area contributed by atoms with Crippen LogP contribution in [0.4, 0.5) is 8.78 Å². The molecule has 1 spiro atoms. The number of carbonyl (C=O) groups is 1. The average Bonchev–Trinajstić information content (AvgIpc) is 3.47. The Morgan fingerprint density at radius 3 is 2.67 bits per heavy atom. The van der Waals surface area contributed by atoms with Gasteiger partial charge >= 0.3 is 5.97 Å². The van der Waals surface area contributed by atoms with Crippen LogP contribution in [0.2, 0.25) is 0 Å². The van der Waals surface area contributed by atoms with Crippen molar-refractivity contribution in [2.75, 3.05) is 18.1 Å². The summed E-state index contributed by atoms with van der Waals surface area (Å²) in [5, 5.41) is 5.51. The molecule has 9 nitrogen and oxygen atoms in total. The summed E-state index contributed by atoms with van der Waals surface area (Å²) >= 11 is 0. The lowest BCUT2D eigenvalue weighted by molar-refractivity contribution is -0.143. The number of fused-ring (bicyclic) bond motifs is 8. The molecule has 1 unspecified atom stereocenters. The molecule has 0 amide bonds. The van der Waals surface area contributed by atoms with Crippen molar-refractivity contribution in [2.45, 2.75) is 70.6 Å². The Morgan fingerprint density at radius 1 is 1.06 bits per heavy atom.